The predicted octanol–water partition coefficient (Wildman–Crippen LogP) is 1.32. The summed E-state index contributed by atoms with van der Waals surface area (Å²) in [6.07, 6.45) is 1.25. The number of halogens is 1. The molecule has 2 rings (SSSR count). The summed E-state index contributed by atoms with van der Waals surface area (Å²) in [6, 6.07) is 8.36. The first-order chi connectivity index (χ1) is 10.8. The van der Waals surface area contributed by atoms with Crippen LogP contribution in [0.15, 0.2) is 52.3 Å². The molecule has 0 unspecified atom stereocenters. The number of aromatic nitrogens is 1. The van der Waals surface area contributed by atoms with Crippen LogP contribution in [0.2, 0.25) is 0 Å². The summed E-state index contributed by atoms with van der Waals surface area (Å²) < 4.78 is 45.1. The molecule has 0 radical (unpaired) electrons. The Morgan fingerprint density at radius 3 is 2.52 bits per heavy atom. The van der Waals surface area contributed by atoms with Gasteiger partial charge in [-0.3, -0.25) is 4.79 Å². The number of rotatable bonds is 6. The molecule has 0 saturated heterocycles. The Morgan fingerprint density at radius 2 is 1.87 bits per heavy atom. The van der Waals surface area contributed by atoms with E-state index in [1.165, 1.54) is 49.1 Å². The molecule has 0 amide bonds. The molecule has 1 heterocycles. The third-order valence-electron chi connectivity index (χ3n) is 3.16. The van der Waals surface area contributed by atoms with Crippen molar-refractivity contribution >= 4 is 10.0 Å². The Morgan fingerprint density at radius 1 is 1.17 bits per heavy atom. The van der Waals surface area contributed by atoms with Crippen molar-refractivity contribution in [3.8, 4) is 5.75 Å². The summed E-state index contributed by atoms with van der Waals surface area (Å²) >= 11 is 0. The van der Waals surface area contributed by atoms with Crippen LogP contribution in [0.1, 0.15) is 0 Å². The standard InChI is InChI=1S/C15H17FN2O4S/c1-17(2)23(20,21)12-7-8-15(19)18(11-12)9-10-22-14-6-4-3-5-13(14)16/h3-8,11H,9-10H2,1-2H3. The van der Waals surface area contributed by atoms with Crippen molar-refractivity contribution in [3.63, 3.8) is 0 Å². The number of nitrogens with zero attached hydrogens (tertiary/aromatic N) is 2. The zero-order chi connectivity index (χ0) is 17.0. The second-order valence-electron chi connectivity index (χ2n) is 4.96. The Hall–Kier alpha value is -2.19. The summed E-state index contributed by atoms with van der Waals surface area (Å²) in [7, 11) is -0.810. The van der Waals surface area contributed by atoms with Gasteiger partial charge >= 0.3 is 0 Å². The molecule has 0 fully saturated rings. The van der Waals surface area contributed by atoms with Crippen LogP contribution in [-0.4, -0.2) is 38.0 Å². The van der Waals surface area contributed by atoms with Crippen molar-refractivity contribution in [2.75, 3.05) is 20.7 Å². The minimum absolute atomic E-state index is 0.00740. The van der Waals surface area contributed by atoms with Crippen molar-refractivity contribution in [3.05, 3.63) is 58.8 Å². The van der Waals surface area contributed by atoms with E-state index in [0.29, 0.717) is 0 Å². The Kier molecular flexibility index (Phi) is 5.17. The van der Waals surface area contributed by atoms with Gasteiger partial charge in [0.25, 0.3) is 5.56 Å². The van der Waals surface area contributed by atoms with Crippen LogP contribution in [0.4, 0.5) is 4.39 Å². The number of pyridine rings is 1. The monoisotopic (exact) mass is 340 g/mol. The number of ether oxygens (including phenoxy) is 1. The molecule has 0 bridgehead atoms. The van der Waals surface area contributed by atoms with Crippen LogP contribution in [0, 0.1) is 5.82 Å². The molecule has 0 N–H and O–H groups in total. The summed E-state index contributed by atoms with van der Waals surface area (Å²) in [5, 5.41) is 0. The van der Waals surface area contributed by atoms with Crippen molar-refractivity contribution in [2.24, 2.45) is 0 Å². The number of hydrogen-bond donors (Lipinski definition) is 0. The first-order valence-corrected chi connectivity index (χ1v) is 8.27. The van der Waals surface area contributed by atoms with Gasteiger partial charge in [-0.15, -0.1) is 0 Å². The molecule has 6 nitrogen and oxygen atoms in total. The minimum Gasteiger partial charge on any atom is -0.489 e. The maximum absolute atomic E-state index is 13.4. The van der Waals surface area contributed by atoms with E-state index < -0.39 is 15.8 Å². The lowest BCUT2D eigenvalue weighted by Crippen LogP contribution is -2.27. The largest absolute Gasteiger partial charge is 0.489 e. The molecule has 0 aliphatic heterocycles. The van der Waals surface area contributed by atoms with Crippen LogP contribution in [0.25, 0.3) is 0 Å². The fraction of sp³-hybridized carbons (Fsp3) is 0.267. The van der Waals surface area contributed by atoms with Gasteiger partial charge in [0.15, 0.2) is 11.6 Å². The van der Waals surface area contributed by atoms with Gasteiger partial charge in [-0.05, 0) is 18.2 Å². The van der Waals surface area contributed by atoms with E-state index in [1.54, 1.807) is 12.1 Å². The van der Waals surface area contributed by atoms with Gasteiger partial charge in [-0.2, -0.15) is 0 Å². The number of sulfonamides is 1. The molecule has 0 atom stereocenters. The van der Waals surface area contributed by atoms with Crippen LogP contribution in [0.5, 0.6) is 5.75 Å². The second kappa shape index (κ2) is 6.93. The van der Waals surface area contributed by atoms with E-state index >= 15 is 0 Å². The van der Waals surface area contributed by atoms with Crippen LogP contribution in [0.3, 0.4) is 0 Å². The lowest BCUT2D eigenvalue weighted by atomic mass is 10.3. The molecule has 1 aromatic carbocycles. The summed E-state index contributed by atoms with van der Waals surface area (Å²) in [6.45, 7) is 0.135. The van der Waals surface area contributed by atoms with E-state index in [4.69, 9.17) is 4.74 Å². The van der Waals surface area contributed by atoms with E-state index in [2.05, 4.69) is 0 Å². The highest BCUT2D eigenvalue weighted by molar-refractivity contribution is 7.89. The lowest BCUT2D eigenvalue weighted by Gasteiger charge is -2.13. The molecule has 1 aromatic heterocycles. The third kappa shape index (κ3) is 3.96. The zero-order valence-corrected chi connectivity index (χ0v) is 13.6. The molecular formula is C15H17FN2O4S. The maximum atomic E-state index is 13.4. The topological polar surface area (TPSA) is 68.6 Å². The molecule has 0 aliphatic rings. The highest BCUT2D eigenvalue weighted by Crippen LogP contribution is 2.15. The highest BCUT2D eigenvalue weighted by Gasteiger charge is 2.18. The predicted molar refractivity (Wildman–Crippen MR) is 83.5 cm³/mol. The molecule has 8 heteroatoms. The van der Waals surface area contributed by atoms with E-state index in [9.17, 15) is 17.6 Å². The van der Waals surface area contributed by atoms with Gasteiger partial charge in [0.1, 0.15) is 6.61 Å². The zero-order valence-electron chi connectivity index (χ0n) is 12.8. The summed E-state index contributed by atoms with van der Waals surface area (Å²) in [4.78, 5) is 11.8. The molecule has 0 spiro atoms. The lowest BCUT2D eigenvalue weighted by molar-refractivity contribution is 0.282. The van der Waals surface area contributed by atoms with Crippen molar-refractivity contribution in [1.82, 2.24) is 8.87 Å². The summed E-state index contributed by atoms with van der Waals surface area (Å²) in [5.41, 5.74) is -0.361. The third-order valence-corrected chi connectivity index (χ3v) is 4.96. The van der Waals surface area contributed by atoms with E-state index in [-0.39, 0.29) is 29.4 Å². The van der Waals surface area contributed by atoms with Gasteiger partial charge in [0.05, 0.1) is 11.4 Å². The summed E-state index contributed by atoms with van der Waals surface area (Å²) in [5.74, 6) is -0.415. The number of benzene rings is 1. The Labute approximate surface area is 133 Å². The van der Waals surface area contributed by atoms with Crippen molar-refractivity contribution in [1.29, 1.82) is 0 Å². The van der Waals surface area contributed by atoms with Gasteiger partial charge < -0.3 is 9.30 Å². The first kappa shape index (κ1) is 17.2. The van der Waals surface area contributed by atoms with E-state index in [1.807, 2.05) is 0 Å². The van der Waals surface area contributed by atoms with Crippen molar-refractivity contribution < 1.29 is 17.5 Å². The van der Waals surface area contributed by atoms with Crippen LogP contribution in [-0.2, 0) is 16.6 Å². The van der Waals surface area contributed by atoms with Crippen molar-refractivity contribution in [2.45, 2.75) is 11.4 Å². The average molecular weight is 340 g/mol. The maximum Gasteiger partial charge on any atom is 0.250 e. The Bertz CT molecular complexity index is 847. The van der Waals surface area contributed by atoms with Gasteiger partial charge in [0, 0.05) is 26.4 Å². The average Bonchev–Trinajstić information content (AvgIpc) is 2.50. The van der Waals surface area contributed by atoms with Crippen LogP contribution >= 0.6 is 0 Å². The smallest absolute Gasteiger partial charge is 0.250 e. The molecule has 2 aromatic rings. The minimum atomic E-state index is -3.63. The first-order valence-electron chi connectivity index (χ1n) is 6.83. The van der Waals surface area contributed by atoms with Gasteiger partial charge in [-0.1, -0.05) is 12.1 Å². The molecule has 124 valence electrons. The van der Waals surface area contributed by atoms with Crippen LogP contribution < -0.4 is 10.3 Å². The molecular weight excluding hydrogens is 323 g/mol. The highest BCUT2D eigenvalue weighted by atomic mass is 32.2. The van der Waals surface area contributed by atoms with Gasteiger partial charge in [-0.25, -0.2) is 17.1 Å². The fourth-order valence-corrected chi connectivity index (χ4v) is 2.79. The Balaban J connectivity index is 2.15. The quantitative estimate of drug-likeness (QED) is 0.795. The fourth-order valence-electron chi connectivity index (χ4n) is 1.86. The SMILES string of the molecule is CN(C)S(=O)(=O)c1ccc(=O)n(CCOc2ccccc2F)c1. The number of hydrogen-bond acceptors (Lipinski definition) is 4. The number of para-hydroxylation sites is 1. The molecule has 23 heavy (non-hydrogen) atoms. The molecule has 0 saturated carbocycles. The van der Waals surface area contributed by atoms with Gasteiger partial charge in [0.2, 0.25) is 10.0 Å². The van der Waals surface area contributed by atoms with E-state index in [0.717, 1.165) is 4.31 Å². The molecule has 0 aliphatic carbocycles. The normalized spacial score (nSPS) is 11.7. The second-order valence-corrected chi connectivity index (χ2v) is 7.11.